The van der Waals surface area contributed by atoms with Gasteiger partial charge in [0, 0.05) is 26.2 Å². The molecule has 3 N–H and O–H groups in total. The summed E-state index contributed by atoms with van der Waals surface area (Å²) < 4.78 is 5.21. The monoisotopic (exact) mass is 271 g/mol. The molecule has 2 unspecified atom stereocenters. The lowest BCUT2D eigenvalue weighted by Crippen LogP contribution is -2.53. The van der Waals surface area contributed by atoms with Crippen molar-refractivity contribution in [3.63, 3.8) is 0 Å². The van der Waals surface area contributed by atoms with Crippen LogP contribution in [0.3, 0.4) is 0 Å². The van der Waals surface area contributed by atoms with Gasteiger partial charge in [-0.3, -0.25) is 14.5 Å². The summed E-state index contributed by atoms with van der Waals surface area (Å²) in [6.07, 6.45) is 0. The van der Waals surface area contributed by atoms with Crippen LogP contribution in [-0.2, 0) is 14.3 Å². The number of nitrogens with one attached hydrogen (secondary N) is 2. The minimum absolute atomic E-state index is 0.134. The molecule has 19 heavy (non-hydrogen) atoms. The first kappa shape index (κ1) is 14.2. The van der Waals surface area contributed by atoms with Crippen molar-refractivity contribution in [1.82, 2.24) is 15.5 Å². The summed E-state index contributed by atoms with van der Waals surface area (Å²) in [5, 5.41) is 15.2. The molecule has 0 aromatic rings. The van der Waals surface area contributed by atoms with E-state index >= 15 is 0 Å². The fourth-order valence-corrected chi connectivity index (χ4v) is 2.40. The molecule has 0 bridgehead atoms. The number of carboxylic acids is 1. The number of carbonyl (C=O) groups excluding carboxylic acids is 1. The van der Waals surface area contributed by atoms with Gasteiger partial charge < -0.3 is 20.5 Å². The molecule has 2 saturated heterocycles. The van der Waals surface area contributed by atoms with E-state index in [0.29, 0.717) is 6.54 Å². The van der Waals surface area contributed by atoms with Gasteiger partial charge in [0.05, 0.1) is 25.8 Å². The minimum atomic E-state index is -1.03. The van der Waals surface area contributed by atoms with Crippen molar-refractivity contribution in [3.05, 3.63) is 0 Å². The van der Waals surface area contributed by atoms with Gasteiger partial charge in [0.2, 0.25) is 5.91 Å². The van der Waals surface area contributed by atoms with Crippen LogP contribution in [-0.4, -0.2) is 73.9 Å². The van der Waals surface area contributed by atoms with Crippen LogP contribution in [0.2, 0.25) is 0 Å². The lowest BCUT2D eigenvalue weighted by Gasteiger charge is -2.29. The van der Waals surface area contributed by atoms with Crippen molar-refractivity contribution in [2.45, 2.75) is 13.0 Å². The Labute approximate surface area is 112 Å². The predicted octanol–water partition coefficient (Wildman–Crippen LogP) is -1.50. The highest BCUT2D eigenvalue weighted by molar-refractivity contribution is 5.81. The number of hydrogen-bond donors (Lipinski definition) is 3. The Morgan fingerprint density at radius 1 is 1.47 bits per heavy atom. The largest absolute Gasteiger partial charge is 0.481 e. The highest BCUT2D eigenvalue weighted by Gasteiger charge is 2.47. The maximum atomic E-state index is 12.0. The summed E-state index contributed by atoms with van der Waals surface area (Å²) in [4.78, 5) is 25.3. The van der Waals surface area contributed by atoms with E-state index in [2.05, 4.69) is 15.5 Å². The number of amides is 1. The van der Waals surface area contributed by atoms with Crippen LogP contribution in [0.5, 0.6) is 0 Å². The zero-order chi connectivity index (χ0) is 13.9. The molecule has 2 aliphatic rings. The summed E-state index contributed by atoms with van der Waals surface area (Å²) in [5.74, 6) is -1.07. The van der Waals surface area contributed by atoms with Crippen LogP contribution in [0.25, 0.3) is 0 Å². The molecule has 1 amide bonds. The fourth-order valence-electron chi connectivity index (χ4n) is 2.40. The smallest absolute Gasteiger partial charge is 0.313 e. The Kier molecular flexibility index (Phi) is 4.38. The van der Waals surface area contributed by atoms with Crippen LogP contribution < -0.4 is 10.6 Å². The Bertz CT molecular complexity index is 357. The molecule has 2 fully saturated rings. The second kappa shape index (κ2) is 5.85. The second-order valence-corrected chi connectivity index (χ2v) is 5.38. The van der Waals surface area contributed by atoms with Crippen molar-refractivity contribution in [2.75, 3.05) is 45.9 Å². The van der Waals surface area contributed by atoms with Crippen LogP contribution in [0.4, 0.5) is 0 Å². The standard InChI is InChI=1S/C12H21N3O4/c1-12(11(17)18)8-19-7-9(12)14-10(16)6-15-4-2-13-3-5-15/h9,13H,2-8H2,1H3,(H,14,16)(H,17,18). The summed E-state index contributed by atoms with van der Waals surface area (Å²) in [5.41, 5.74) is -1.03. The molecule has 2 aliphatic heterocycles. The Morgan fingerprint density at radius 3 is 2.79 bits per heavy atom. The molecule has 0 aliphatic carbocycles. The number of ether oxygens (including phenoxy) is 1. The van der Waals surface area contributed by atoms with E-state index in [1.807, 2.05) is 0 Å². The molecular weight excluding hydrogens is 250 g/mol. The van der Waals surface area contributed by atoms with Gasteiger partial charge in [0.1, 0.15) is 5.41 Å². The number of rotatable bonds is 4. The van der Waals surface area contributed by atoms with Crippen molar-refractivity contribution >= 4 is 11.9 Å². The third-order valence-electron chi connectivity index (χ3n) is 3.86. The quantitative estimate of drug-likeness (QED) is 0.576. The number of carboxylic acid groups (broad SMARTS) is 1. The molecule has 2 rings (SSSR count). The molecule has 0 spiro atoms. The zero-order valence-electron chi connectivity index (χ0n) is 11.1. The van der Waals surface area contributed by atoms with E-state index in [1.54, 1.807) is 6.92 Å². The number of aliphatic carboxylic acids is 1. The van der Waals surface area contributed by atoms with Gasteiger partial charge in [-0.1, -0.05) is 0 Å². The van der Waals surface area contributed by atoms with Crippen LogP contribution >= 0.6 is 0 Å². The normalized spacial score (nSPS) is 32.2. The number of carbonyl (C=O) groups is 2. The maximum absolute atomic E-state index is 12.0. The molecule has 0 saturated carbocycles. The summed E-state index contributed by atoms with van der Waals surface area (Å²) in [6, 6.07) is -0.458. The molecule has 0 radical (unpaired) electrons. The van der Waals surface area contributed by atoms with Gasteiger partial charge in [-0.05, 0) is 6.92 Å². The van der Waals surface area contributed by atoms with Crippen LogP contribution in [0.15, 0.2) is 0 Å². The Hall–Kier alpha value is -1.18. The predicted molar refractivity (Wildman–Crippen MR) is 67.8 cm³/mol. The first-order valence-corrected chi connectivity index (χ1v) is 6.56. The van der Waals surface area contributed by atoms with Crippen molar-refractivity contribution in [3.8, 4) is 0 Å². The van der Waals surface area contributed by atoms with Gasteiger partial charge >= 0.3 is 5.97 Å². The van der Waals surface area contributed by atoms with Gasteiger partial charge in [0.25, 0.3) is 0 Å². The summed E-state index contributed by atoms with van der Waals surface area (Å²) >= 11 is 0. The highest BCUT2D eigenvalue weighted by Crippen LogP contribution is 2.28. The molecule has 7 heteroatoms. The molecule has 108 valence electrons. The average Bonchev–Trinajstić information content (AvgIpc) is 2.73. The molecule has 2 atom stereocenters. The first-order chi connectivity index (χ1) is 9.02. The minimum Gasteiger partial charge on any atom is -0.481 e. The molecule has 2 heterocycles. The number of nitrogens with zero attached hydrogens (tertiary/aromatic N) is 1. The van der Waals surface area contributed by atoms with E-state index in [-0.39, 0.29) is 19.1 Å². The third kappa shape index (κ3) is 3.23. The highest BCUT2D eigenvalue weighted by atomic mass is 16.5. The lowest BCUT2D eigenvalue weighted by atomic mass is 9.85. The topological polar surface area (TPSA) is 90.9 Å². The number of hydrogen-bond acceptors (Lipinski definition) is 5. The Balaban J connectivity index is 1.86. The second-order valence-electron chi connectivity index (χ2n) is 5.38. The first-order valence-electron chi connectivity index (χ1n) is 6.56. The van der Waals surface area contributed by atoms with E-state index in [0.717, 1.165) is 26.2 Å². The Morgan fingerprint density at radius 2 is 2.16 bits per heavy atom. The summed E-state index contributed by atoms with van der Waals surface area (Å²) in [6.45, 7) is 5.76. The zero-order valence-corrected chi connectivity index (χ0v) is 11.1. The number of piperazine rings is 1. The van der Waals surface area contributed by atoms with Gasteiger partial charge in [-0.25, -0.2) is 0 Å². The summed E-state index contributed by atoms with van der Waals surface area (Å²) in [7, 11) is 0. The van der Waals surface area contributed by atoms with Crippen LogP contribution in [0.1, 0.15) is 6.92 Å². The maximum Gasteiger partial charge on any atom is 0.313 e. The van der Waals surface area contributed by atoms with Crippen molar-refractivity contribution in [1.29, 1.82) is 0 Å². The molecule has 7 nitrogen and oxygen atoms in total. The average molecular weight is 271 g/mol. The van der Waals surface area contributed by atoms with Gasteiger partial charge in [0.15, 0.2) is 0 Å². The van der Waals surface area contributed by atoms with E-state index in [9.17, 15) is 14.7 Å². The van der Waals surface area contributed by atoms with Crippen molar-refractivity contribution in [2.24, 2.45) is 5.41 Å². The van der Waals surface area contributed by atoms with Gasteiger partial charge in [-0.2, -0.15) is 0 Å². The van der Waals surface area contributed by atoms with Gasteiger partial charge in [-0.15, -0.1) is 0 Å². The van der Waals surface area contributed by atoms with Crippen LogP contribution in [0, 0.1) is 5.41 Å². The lowest BCUT2D eigenvalue weighted by molar-refractivity contribution is -0.149. The molecule has 0 aromatic carbocycles. The molecular formula is C12H21N3O4. The fraction of sp³-hybridized carbons (Fsp3) is 0.833. The SMILES string of the molecule is CC1(C(=O)O)COCC1NC(=O)CN1CCNCC1. The third-order valence-corrected chi connectivity index (χ3v) is 3.86. The van der Waals surface area contributed by atoms with E-state index in [1.165, 1.54) is 0 Å². The van der Waals surface area contributed by atoms with Crippen molar-refractivity contribution < 1.29 is 19.4 Å². The molecule has 0 aromatic heterocycles. The van der Waals surface area contributed by atoms with E-state index < -0.39 is 17.4 Å². The van der Waals surface area contributed by atoms with E-state index in [4.69, 9.17) is 4.74 Å².